The number of carbonyl (C=O) groups is 1. The predicted molar refractivity (Wildman–Crippen MR) is 95.6 cm³/mol. The number of benzene rings is 2. The van der Waals surface area contributed by atoms with Gasteiger partial charge in [-0.1, -0.05) is 18.2 Å². The van der Waals surface area contributed by atoms with E-state index in [-0.39, 0.29) is 11.4 Å². The highest BCUT2D eigenvalue weighted by atomic mass is 19.1. The van der Waals surface area contributed by atoms with Crippen LogP contribution in [0.4, 0.5) is 21.6 Å². The zero-order valence-electron chi connectivity index (χ0n) is 13.9. The van der Waals surface area contributed by atoms with Crippen LogP contribution in [0.15, 0.2) is 54.9 Å². The number of rotatable bonds is 4. The first-order valence-electron chi connectivity index (χ1n) is 7.74. The van der Waals surface area contributed by atoms with Crippen molar-refractivity contribution in [2.24, 2.45) is 0 Å². The molecule has 0 saturated carbocycles. The molecule has 0 aliphatic carbocycles. The first-order valence-corrected chi connectivity index (χ1v) is 7.74. The summed E-state index contributed by atoms with van der Waals surface area (Å²) in [5, 5.41) is 5.65. The molecule has 0 radical (unpaired) electrons. The van der Waals surface area contributed by atoms with Gasteiger partial charge in [0.1, 0.15) is 23.7 Å². The van der Waals surface area contributed by atoms with E-state index in [1.54, 1.807) is 12.1 Å². The third-order valence-electron chi connectivity index (χ3n) is 3.52. The summed E-state index contributed by atoms with van der Waals surface area (Å²) in [5.74, 6) is -0.520. The van der Waals surface area contributed by atoms with E-state index >= 15 is 0 Å². The van der Waals surface area contributed by atoms with Crippen LogP contribution in [0.3, 0.4) is 0 Å². The van der Waals surface area contributed by atoms with E-state index in [1.807, 2.05) is 26.0 Å². The number of nitrogens with zero attached hydrogens (tertiary/aromatic N) is 2. The van der Waals surface area contributed by atoms with Crippen LogP contribution >= 0.6 is 0 Å². The average Bonchev–Trinajstić information content (AvgIpc) is 2.56. The third-order valence-corrected chi connectivity index (χ3v) is 3.52. The number of hydrogen-bond donors (Lipinski definition) is 2. The number of aryl methyl sites for hydroxylation is 2. The lowest BCUT2D eigenvalue weighted by Gasteiger charge is -2.09. The Labute approximate surface area is 145 Å². The molecule has 0 saturated heterocycles. The van der Waals surface area contributed by atoms with Crippen molar-refractivity contribution in [3.05, 3.63) is 77.5 Å². The molecule has 0 unspecified atom stereocenters. The monoisotopic (exact) mass is 336 g/mol. The minimum absolute atomic E-state index is 0.106. The van der Waals surface area contributed by atoms with Crippen molar-refractivity contribution in [2.75, 3.05) is 10.6 Å². The highest BCUT2D eigenvalue weighted by Gasteiger charge is 2.11. The smallest absolute Gasteiger partial charge is 0.274 e. The van der Waals surface area contributed by atoms with E-state index in [9.17, 15) is 9.18 Å². The number of amides is 1. The zero-order chi connectivity index (χ0) is 17.8. The van der Waals surface area contributed by atoms with E-state index in [1.165, 1.54) is 24.5 Å². The maximum Gasteiger partial charge on any atom is 0.274 e. The first kappa shape index (κ1) is 16.6. The van der Waals surface area contributed by atoms with E-state index < -0.39 is 11.7 Å². The Morgan fingerprint density at radius 1 is 1.00 bits per heavy atom. The molecule has 0 aliphatic heterocycles. The Morgan fingerprint density at radius 2 is 1.72 bits per heavy atom. The van der Waals surface area contributed by atoms with E-state index in [2.05, 4.69) is 26.7 Å². The summed E-state index contributed by atoms with van der Waals surface area (Å²) < 4.78 is 13.6. The summed E-state index contributed by atoms with van der Waals surface area (Å²) in [6.45, 7) is 4.01. The molecule has 3 aromatic rings. The lowest BCUT2D eigenvalue weighted by molar-refractivity contribution is 0.102. The SMILES string of the molecule is Cc1cc(C)cc(Nc2cc(C(=O)Nc3ccccc3F)ncn2)c1. The molecule has 3 rings (SSSR count). The van der Waals surface area contributed by atoms with Gasteiger partial charge in [-0.2, -0.15) is 0 Å². The first-order chi connectivity index (χ1) is 12.0. The molecule has 2 aromatic carbocycles. The molecule has 0 fully saturated rings. The fourth-order valence-corrected chi connectivity index (χ4v) is 2.49. The number of para-hydroxylation sites is 1. The topological polar surface area (TPSA) is 66.9 Å². The highest BCUT2D eigenvalue weighted by Crippen LogP contribution is 2.19. The van der Waals surface area contributed by atoms with Gasteiger partial charge in [0.15, 0.2) is 0 Å². The quantitative estimate of drug-likeness (QED) is 0.748. The second kappa shape index (κ2) is 7.09. The maximum absolute atomic E-state index is 13.6. The van der Waals surface area contributed by atoms with Gasteiger partial charge in [0, 0.05) is 11.8 Å². The third kappa shape index (κ3) is 4.17. The number of nitrogens with one attached hydrogen (secondary N) is 2. The highest BCUT2D eigenvalue weighted by molar-refractivity contribution is 6.03. The number of anilines is 3. The summed E-state index contributed by atoms with van der Waals surface area (Å²) in [7, 11) is 0. The minimum atomic E-state index is -0.504. The van der Waals surface area contributed by atoms with Gasteiger partial charge in [-0.25, -0.2) is 14.4 Å². The lowest BCUT2D eigenvalue weighted by Crippen LogP contribution is -2.15. The molecule has 1 heterocycles. The standard InChI is InChI=1S/C19H17FN4O/c1-12-7-13(2)9-14(8-12)23-18-10-17(21-11-22-18)19(25)24-16-6-4-3-5-15(16)20/h3-11H,1-2H3,(H,24,25)(H,21,22,23). The largest absolute Gasteiger partial charge is 0.340 e. The molecule has 0 spiro atoms. The molecular formula is C19H17FN4O. The van der Waals surface area contributed by atoms with Crippen molar-refractivity contribution in [2.45, 2.75) is 13.8 Å². The lowest BCUT2D eigenvalue weighted by atomic mass is 10.1. The van der Waals surface area contributed by atoms with Gasteiger partial charge in [-0.05, 0) is 49.2 Å². The van der Waals surface area contributed by atoms with Gasteiger partial charge in [0.25, 0.3) is 5.91 Å². The van der Waals surface area contributed by atoms with Crippen molar-refractivity contribution in [1.82, 2.24) is 9.97 Å². The van der Waals surface area contributed by atoms with Crippen LogP contribution in [0, 0.1) is 19.7 Å². The molecule has 6 heteroatoms. The molecule has 0 aliphatic rings. The average molecular weight is 336 g/mol. The van der Waals surface area contributed by atoms with Crippen molar-refractivity contribution in [1.29, 1.82) is 0 Å². The summed E-state index contributed by atoms with van der Waals surface area (Å²) in [6.07, 6.45) is 1.29. The molecule has 5 nitrogen and oxygen atoms in total. The summed E-state index contributed by atoms with van der Waals surface area (Å²) in [4.78, 5) is 20.4. The number of aromatic nitrogens is 2. The van der Waals surface area contributed by atoms with Gasteiger partial charge in [-0.15, -0.1) is 0 Å². The molecule has 25 heavy (non-hydrogen) atoms. The fourth-order valence-electron chi connectivity index (χ4n) is 2.49. The normalized spacial score (nSPS) is 10.4. The van der Waals surface area contributed by atoms with Gasteiger partial charge >= 0.3 is 0 Å². The van der Waals surface area contributed by atoms with E-state index in [4.69, 9.17) is 0 Å². The number of hydrogen-bond acceptors (Lipinski definition) is 4. The van der Waals surface area contributed by atoms with Gasteiger partial charge < -0.3 is 10.6 Å². The van der Waals surface area contributed by atoms with Crippen molar-refractivity contribution in [3.63, 3.8) is 0 Å². The summed E-state index contributed by atoms with van der Waals surface area (Å²) in [5.41, 5.74) is 3.36. The minimum Gasteiger partial charge on any atom is -0.340 e. The number of carbonyl (C=O) groups excluding carboxylic acids is 1. The molecule has 1 amide bonds. The van der Waals surface area contributed by atoms with Crippen LogP contribution in [0.25, 0.3) is 0 Å². The van der Waals surface area contributed by atoms with Gasteiger partial charge in [-0.3, -0.25) is 4.79 Å². The second-order valence-electron chi connectivity index (χ2n) is 5.72. The molecule has 0 atom stereocenters. The Hall–Kier alpha value is -3.28. The molecule has 2 N–H and O–H groups in total. The van der Waals surface area contributed by atoms with Crippen molar-refractivity contribution in [3.8, 4) is 0 Å². The Morgan fingerprint density at radius 3 is 2.44 bits per heavy atom. The Balaban J connectivity index is 1.79. The summed E-state index contributed by atoms with van der Waals surface area (Å²) >= 11 is 0. The Bertz CT molecular complexity index is 907. The van der Waals surface area contributed by atoms with Crippen LogP contribution in [0.1, 0.15) is 21.6 Å². The number of halogens is 1. The fraction of sp³-hybridized carbons (Fsp3) is 0.105. The van der Waals surface area contributed by atoms with Crippen LogP contribution in [0.2, 0.25) is 0 Å². The Kier molecular flexibility index (Phi) is 4.70. The molecular weight excluding hydrogens is 319 g/mol. The van der Waals surface area contributed by atoms with Gasteiger partial charge in [0.05, 0.1) is 5.69 Å². The predicted octanol–water partition coefficient (Wildman–Crippen LogP) is 4.23. The van der Waals surface area contributed by atoms with Crippen LogP contribution in [-0.2, 0) is 0 Å². The van der Waals surface area contributed by atoms with E-state index in [0.29, 0.717) is 5.82 Å². The van der Waals surface area contributed by atoms with Crippen LogP contribution in [0.5, 0.6) is 0 Å². The van der Waals surface area contributed by atoms with Crippen LogP contribution in [-0.4, -0.2) is 15.9 Å². The second-order valence-corrected chi connectivity index (χ2v) is 5.72. The summed E-state index contributed by atoms with van der Waals surface area (Å²) in [6, 6.07) is 13.5. The van der Waals surface area contributed by atoms with Crippen molar-refractivity contribution < 1.29 is 9.18 Å². The molecule has 126 valence electrons. The van der Waals surface area contributed by atoms with Crippen molar-refractivity contribution >= 4 is 23.1 Å². The van der Waals surface area contributed by atoms with E-state index in [0.717, 1.165) is 16.8 Å². The molecule has 1 aromatic heterocycles. The van der Waals surface area contributed by atoms with Crippen LogP contribution < -0.4 is 10.6 Å². The maximum atomic E-state index is 13.6. The van der Waals surface area contributed by atoms with Gasteiger partial charge in [0.2, 0.25) is 0 Å². The molecule has 0 bridgehead atoms. The zero-order valence-corrected chi connectivity index (χ0v) is 13.9.